The molecule has 0 aliphatic carbocycles. The Kier molecular flexibility index (Phi) is 4.63. The Balaban J connectivity index is 2.58. The van der Waals surface area contributed by atoms with Crippen LogP contribution in [0.5, 0.6) is 0 Å². The van der Waals surface area contributed by atoms with Crippen molar-refractivity contribution in [1.82, 2.24) is 10.3 Å². The van der Waals surface area contributed by atoms with Crippen LogP contribution in [0.1, 0.15) is 35.2 Å². The maximum Gasteiger partial charge on any atom is 0.416 e. The van der Waals surface area contributed by atoms with Crippen molar-refractivity contribution in [2.75, 3.05) is 7.05 Å². The summed E-state index contributed by atoms with van der Waals surface area (Å²) in [6.07, 6.45) is -0.342. The van der Waals surface area contributed by atoms with Crippen molar-refractivity contribution in [1.29, 1.82) is 0 Å². The van der Waals surface area contributed by atoms with Gasteiger partial charge in [0.15, 0.2) is 0 Å². The second-order valence-electron chi connectivity index (χ2n) is 4.73. The molecule has 112 valence electrons. The summed E-state index contributed by atoms with van der Waals surface area (Å²) in [6, 6.07) is 6.93. The van der Waals surface area contributed by atoms with E-state index in [1.807, 2.05) is 6.92 Å². The average molecular weight is 294 g/mol. The van der Waals surface area contributed by atoms with Gasteiger partial charge < -0.3 is 5.32 Å². The van der Waals surface area contributed by atoms with Crippen LogP contribution in [0.15, 0.2) is 42.7 Å². The molecule has 1 atom stereocenters. The van der Waals surface area contributed by atoms with Crippen LogP contribution in [0, 0.1) is 0 Å². The Labute approximate surface area is 122 Å². The Bertz CT molecular complexity index is 608. The summed E-state index contributed by atoms with van der Waals surface area (Å²) in [6.45, 7) is 1.96. The molecule has 1 aromatic carbocycles. The van der Waals surface area contributed by atoms with Crippen LogP contribution < -0.4 is 5.32 Å². The topological polar surface area (TPSA) is 24.9 Å². The lowest BCUT2D eigenvalue weighted by Gasteiger charge is -2.23. The average Bonchev–Trinajstić information content (AvgIpc) is 2.48. The fourth-order valence-electron chi connectivity index (χ4n) is 2.50. The molecule has 1 unspecified atom stereocenters. The molecule has 0 bridgehead atoms. The first kappa shape index (κ1) is 15.5. The van der Waals surface area contributed by atoms with Crippen molar-refractivity contribution >= 4 is 0 Å². The highest BCUT2D eigenvalue weighted by molar-refractivity contribution is 5.41. The molecule has 1 N–H and O–H groups in total. The molecular formula is C16H17F3N2. The number of nitrogens with one attached hydrogen (secondary N) is 1. The van der Waals surface area contributed by atoms with Gasteiger partial charge in [0.2, 0.25) is 0 Å². The normalized spacial score (nSPS) is 13.2. The highest BCUT2D eigenvalue weighted by atomic mass is 19.4. The molecule has 2 aromatic rings. The molecule has 0 fully saturated rings. The second kappa shape index (κ2) is 6.26. The van der Waals surface area contributed by atoms with E-state index < -0.39 is 17.8 Å². The lowest BCUT2D eigenvalue weighted by molar-refractivity contribution is -0.138. The summed E-state index contributed by atoms with van der Waals surface area (Å²) in [5, 5.41) is 2.99. The summed E-state index contributed by atoms with van der Waals surface area (Å²) < 4.78 is 39.6. The minimum absolute atomic E-state index is 0.230. The van der Waals surface area contributed by atoms with Crippen LogP contribution in [0.3, 0.4) is 0 Å². The first-order valence-corrected chi connectivity index (χ1v) is 6.75. The van der Waals surface area contributed by atoms with Crippen molar-refractivity contribution in [3.8, 4) is 0 Å². The smallest absolute Gasteiger partial charge is 0.309 e. The van der Waals surface area contributed by atoms with Gasteiger partial charge in [0.1, 0.15) is 0 Å². The third kappa shape index (κ3) is 3.24. The van der Waals surface area contributed by atoms with E-state index in [2.05, 4.69) is 10.3 Å². The van der Waals surface area contributed by atoms with Gasteiger partial charge in [-0.1, -0.05) is 25.1 Å². The number of hydrogen-bond acceptors (Lipinski definition) is 2. The van der Waals surface area contributed by atoms with E-state index in [9.17, 15) is 13.2 Å². The Hall–Kier alpha value is -1.88. The molecule has 0 aliphatic heterocycles. The van der Waals surface area contributed by atoms with Crippen LogP contribution in [-0.4, -0.2) is 12.0 Å². The van der Waals surface area contributed by atoms with E-state index in [1.54, 1.807) is 31.6 Å². The molecule has 21 heavy (non-hydrogen) atoms. The van der Waals surface area contributed by atoms with Crippen molar-refractivity contribution < 1.29 is 13.2 Å². The molecule has 5 heteroatoms. The third-order valence-electron chi connectivity index (χ3n) is 3.50. The summed E-state index contributed by atoms with van der Waals surface area (Å²) in [7, 11) is 1.66. The summed E-state index contributed by atoms with van der Waals surface area (Å²) in [5.74, 6) is 0. The van der Waals surface area contributed by atoms with Gasteiger partial charge in [-0.05, 0) is 42.3 Å². The molecule has 0 saturated heterocycles. The zero-order valence-corrected chi connectivity index (χ0v) is 11.9. The molecule has 0 spiro atoms. The Morgan fingerprint density at radius 2 is 1.86 bits per heavy atom. The molecular weight excluding hydrogens is 277 g/mol. The van der Waals surface area contributed by atoms with Gasteiger partial charge in [0, 0.05) is 12.4 Å². The number of rotatable bonds is 4. The fraction of sp³-hybridized carbons (Fsp3) is 0.312. The second-order valence-corrected chi connectivity index (χ2v) is 4.73. The number of benzene rings is 1. The van der Waals surface area contributed by atoms with Crippen molar-refractivity contribution in [2.24, 2.45) is 0 Å². The van der Waals surface area contributed by atoms with E-state index >= 15 is 0 Å². The molecule has 0 aliphatic rings. The zero-order chi connectivity index (χ0) is 15.5. The number of alkyl halides is 3. The zero-order valence-electron chi connectivity index (χ0n) is 11.9. The Morgan fingerprint density at radius 1 is 1.14 bits per heavy atom. The van der Waals surface area contributed by atoms with Crippen LogP contribution in [0.2, 0.25) is 0 Å². The molecule has 1 aromatic heterocycles. The molecule has 0 saturated carbocycles. The van der Waals surface area contributed by atoms with Gasteiger partial charge in [0.25, 0.3) is 0 Å². The first-order chi connectivity index (χ1) is 9.99. The van der Waals surface area contributed by atoms with Crippen molar-refractivity contribution in [3.05, 3.63) is 65.0 Å². The van der Waals surface area contributed by atoms with Crippen LogP contribution in [0.25, 0.3) is 0 Å². The monoisotopic (exact) mass is 294 g/mol. The number of halogens is 3. The minimum Gasteiger partial charge on any atom is -0.309 e. The maximum atomic E-state index is 13.2. The molecule has 0 radical (unpaired) electrons. The van der Waals surface area contributed by atoms with Gasteiger partial charge >= 0.3 is 6.18 Å². The van der Waals surface area contributed by atoms with Crippen LogP contribution in [-0.2, 0) is 12.6 Å². The lowest BCUT2D eigenvalue weighted by atomic mass is 9.91. The molecule has 2 nitrogen and oxygen atoms in total. The number of nitrogens with zero attached hydrogens (tertiary/aromatic N) is 1. The SMILES string of the molecule is CCc1cnccc1C(NC)c1ccccc1C(F)(F)F. The predicted molar refractivity (Wildman–Crippen MR) is 76.0 cm³/mol. The standard InChI is InChI=1S/C16H17F3N2/c1-3-11-10-21-9-8-12(11)15(20-2)13-6-4-5-7-14(13)16(17,18)19/h4-10,15,20H,3H2,1-2H3. The van der Waals surface area contributed by atoms with Gasteiger partial charge in [-0.25, -0.2) is 0 Å². The number of hydrogen-bond donors (Lipinski definition) is 1. The van der Waals surface area contributed by atoms with Gasteiger partial charge in [0.05, 0.1) is 11.6 Å². The van der Waals surface area contributed by atoms with Crippen LogP contribution >= 0.6 is 0 Å². The minimum atomic E-state index is -4.37. The first-order valence-electron chi connectivity index (χ1n) is 6.75. The quantitative estimate of drug-likeness (QED) is 0.923. The van der Waals surface area contributed by atoms with E-state index in [1.165, 1.54) is 12.1 Å². The van der Waals surface area contributed by atoms with E-state index in [4.69, 9.17) is 0 Å². The number of pyridine rings is 1. The molecule has 2 rings (SSSR count). The van der Waals surface area contributed by atoms with Gasteiger partial charge in [-0.15, -0.1) is 0 Å². The largest absolute Gasteiger partial charge is 0.416 e. The van der Waals surface area contributed by atoms with Crippen LogP contribution in [0.4, 0.5) is 13.2 Å². The third-order valence-corrected chi connectivity index (χ3v) is 3.50. The molecule has 0 amide bonds. The summed E-state index contributed by atoms with van der Waals surface area (Å²) >= 11 is 0. The summed E-state index contributed by atoms with van der Waals surface area (Å²) in [5.41, 5.74) is 1.39. The molecule has 1 heterocycles. The summed E-state index contributed by atoms with van der Waals surface area (Å²) in [4.78, 5) is 4.05. The lowest BCUT2D eigenvalue weighted by Crippen LogP contribution is -2.23. The Morgan fingerprint density at radius 3 is 2.48 bits per heavy atom. The highest BCUT2D eigenvalue weighted by Crippen LogP contribution is 2.36. The van der Waals surface area contributed by atoms with Crippen molar-refractivity contribution in [2.45, 2.75) is 25.6 Å². The van der Waals surface area contributed by atoms with Gasteiger partial charge in [-0.3, -0.25) is 4.98 Å². The highest BCUT2D eigenvalue weighted by Gasteiger charge is 2.35. The maximum absolute atomic E-state index is 13.2. The number of aromatic nitrogens is 1. The van der Waals surface area contributed by atoms with Gasteiger partial charge in [-0.2, -0.15) is 13.2 Å². The predicted octanol–water partition coefficient (Wildman–Crippen LogP) is 3.97. The van der Waals surface area contributed by atoms with E-state index in [0.717, 1.165) is 23.6 Å². The van der Waals surface area contributed by atoms with Crippen molar-refractivity contribution in [3.63, 3.8) is 0 Å². The van der Waals surface area contributed by atoms with E-state index in [-0.39, 0.29) is 5.56 Å². The van der Waals surface area contributed by atoms with E-state index in [0.29, 0.717) is 0 Å². The number of aryl methyl sites for hydroxylation is 1. The fourth-order valence-corrected chi connectivity index (χ4v) is 2.50.